The van der Waals surface area contributed by atoms with Crippen LogP contribution in [0.3, 0.4) is 0 Å². The molecule has 0 atom stereocenters. The van der Waals surface area contributed by atoms with E-state index >= 15 is 0 Å². The summed E-state index contributed by atoms with van der Waals surface area (Å²) in [4.78, 5) is 16.0. The average molecular weight is 291 g/mol. The van der Waals surface area contributed by atoms with Gasteiger partial charge in [0.2, 0.25) is 5.88 Å². The van der Waals surface area contributed by atoms with E-state index in [2.05, 4.69) is 15.3 Å². The molecule has 0 spiro atoms. The Bertz CT molecular complexity index is 626. The molecule has 8 nitrogen and oxygen atoms in total. The first kappa shape index (κ1) is 14.9. The minimum atomic E-state index is -0.525. The lowest BCUT2D eigenvalue weighted by Crippen LogP contribution is -2.15. The van der Waals surface area contributed by atoms with E-state index < -0.39 is 5.97 Å². The monoisotopic (exact) mass is 291 g/mol. The van der Waals surface area contributed by atoms with Crippen molar-refractivity contribution in [1.82, 2.24) is 20.0 Å². The third-order valence-electron chi connectivity index (χ3n) is 2.80. The summed E-state index contributed by atoms with van der Waals surface area (Å²) in [5, 5.41) is 7.79. The van der Waals surface area contributed by atoms with Crippen molar-refractivity contribution in [3.05, 3.63) is 35.3 Å². The zero-order valence-corrected chi connectivity index (χ0v) is 11.9. The third-order valence-corrected chi connectivity index (χ3v) is 2.80. The maximum absolute atomic E-state index is 11.8. The molecular weight excluding hydrogens is 274 g/mol. The van der Waals surface area contributed by atoms with Crippen LogP contribution in [0.15, 0.2) is 18.2 Å². The molecule has 2 N–H and O–H groups in total. The Morgan fingerprint density at radius 2 is 2.24 bits per heavy atom. The van der Waals surface area contributed by atoms with Crippen LogP contribution in [0.4, 0.5) is 0 Å². The van der Waals surface area contributed by atoms with Crippen molar-refractivity contribution < 1.29 is 14.3 Å². The van der Waals surface area contributed by atoms with Crippen molar-refractivity contribution in [2.24, 2.45) is 5.73 Å². The quantitative estimate of drug-likeness (QED) is 0.766. The highest BCUT2D eigenvalue weighted by Gasteiger charge is 2.20. The lowest BCUT2D eigenvalue weighted by Gasteiger charge is -2.06. The van der Waals surface area contributed by atoms with Crippen LogP contribution in [0, 0.1) is 0 Å². The molecule has 2 heterocycles. The first-order valence-electron chi connectivity index (χ1n) is 6.49. The van der Waals surface area contributed by atoms with Gasteiger partial charge in [-0.1, -0.05) is 11.3 Å². The molecule has 0 saturated heterocycles. The Morgan fingerprint density at radius 1 is 1.43 bits per heavy atom. The van der Waals surface area contributed by atoms with Gasteiger partial charge in [0.25, 0.3) is 0 Å². The molecule has 0 aliphatic rings. The number of methoxy groups -OCH3 is 1. The number of rotatable bonds is 6. The average Bonchev–Trinajstić information content (AvgIpc) is 2.90. The molecule has 0 bridgehead atoms. The second-order valence-corrected chi connectivity index (χ2v) is 4.14. The number of ether oxygens (including phenoxy) is 2. The number of aromatic nitrogens is 4. The number of esters is 1. The second kappa shape index (κ2) is 6.80. The van der Waals surface area contributed by atoms with Crippen LogP contribution in [0.2, 0.25) is 0 Å². The fraction of sp³-hybridized carbons (Fsp3) is 0.385. The molecular formula is C13H17N5O3. The van der Waals surface area contributed by atoms with Crippen molar-refractivity contribution in [1.29, 1.82) is 0 Å². The largest absolute Gasteiger partial charge is 0.481 e. The smallest absolute Gasteiger partial charge is 0.360 e. The van der Waals surface area contributed by atoms with Gasteiger partial charge < -0.3 is 15.2 Å². The summed E-state index contributed by atoms with van der Waals surface area (Å²) in [6, 6.07) is 5.40. The zero-order valence-electron chi connectivity index (χ0n) is 11.9. The zero-order chi connectivity index (χ0) is 15.2. The predicted octanol–water partition coefficient (Wildman–Crippen LogP) is 0.365. The summed E-state index contributed by atoms with van der Waals surface area (Å²) in [5.74, 6) is -0.0182. The first-order valence-corrected chi connectivity index (χ1v) is 6.49. The minimum absolute atomic E-state index is 0.130. The van der Waals surface area contributed by atoms with E-state index in [-0.39, 0.29) is 18.8 Å². The van der Waals surface area contributed by atoms with Crippen molar-refractivity contribution >= 4 is 5.97 Å². The Labute approximate surface area is 121 Å². The topological polar surface area (TPSA) is 105 Å². The van der Waals surface area contributed by atoms with Gasteiger partial charge in [0.1, 0.15) is 0 Å². The molecule has 2 aromatic heterocycles. The van der Waals surface area contributed by atoms with Gasteiger partial charge in [0.05, 0.1) is 31.6 Å². The number of hydrogen-bond donors (Lipinski definition) is 1. The lowest BCUT2D eigenvalue weighted by molar-refractivity contribution is 0.0518. The molecule has 0 aromatic carbocycles. The number of carbonyl (C=O) groups excluding carboxylic acids is 1. The van der Waals surface area contributed by atoms with Crippen LogP contribution in [-0.2, 0) is 17.8 Å². The summed E-state index contributed by atoms with van der Waals surface area (Å²) < 4.78 is 11.5. The van der Waals surface area contributed by atoms with E-state index in [1.807, 2.05) is 12.1 Å². The summed E-state index contributed by atoms with van der Waals surface area (Å²) in [5.41, 5.74) is 7.07. The highest BCUT2D eigenvalue weighted by molar-refractivity contribution is 5.88. The second-order valence-electron chi connectivity index (χ2n) is 4.14. The summed E-state index contributed by atoms with van der Waals surface area (Å²) in [7, 11) is 1.55. The normalized spacial score (nSPS) is 10.4. The predicted molar refractivity (Wildman–Crippen MR) is 73.8 cm³/mol. The van der Waals surface area contributed by atoms with Crippen LogP contribution in [0.5, 0.6) is 5.88 Å². The van der Waals surface area contributed by atoms with Crippen LogP contribution >= 0.6 is 0 Å². The highest BCUT2D eigenvalue weighted by Crippen LogP contribution is 2.11. The highest BCUT2D eigenvalue weighted by atomic mass is 16.5. The Balaban J connectivity index is 2.25. The van der Waals surface area contributed by atoms with E-state index in [4.69, 9.17) is 15.2 Å². The van der Waals surface area contributed by atoms with Crippen molar-refractivity contribution in [3.8, 4) is 5.88 Å². The molecule has 0 aliphatic heterocycles. The number of nitrogens with two attached hydrogens (primary N) is 1. The first-order chi connectivity index (χ1) is 10.2. The standard InChI is InChI=1S/C13H17N5O3/c1-3-21-13(19)12-10(7-14)18(17-16-12)8-9-5-4-6-11(15-9)20-2/h4-6H,3,7-8,14H2,1-2H3. The van der Waals surface area contributed by atoms with Gasteiger partial charge in [-0.2, -0.15) is 0 Å². The molecule has 0 unspecified atom stereocenters. The summed E-state index contributed by atoms with van der Waals surface area (Å²) >= 11 is 0. The molecule has 2 rings (SSSR count). The molecule has 21 heavy (non-hydrogen) atoms. The van der Waals surface area contributed by atoms with Crippen LogP contribution in [0.1, 0.15) is 28.8 Å². The molecule has 112 valence electrons. The van der Waals surface area contributed by atoms with Crippen molar-refractivity contribution in [2.75, 3.05) is 13.7 Å². The fourth-order valence-corrected chi connectivity index (χ4v) is 1.83. The number of pyridine rings is 1. The van der Waals surface area contributed by atoms with E-state index in [1.54, 1.807) is 20.1 Å². The molecule has 0 aliphatic carbocycles. The molecule has 8 heteroatoms. The number of carbonyl (C=O) groups is 1. The van der Waals surface area contributed by atoms with E-state index in [0.29, 0.717) is 18.1 Å². The molecule has 0 saturated carbocycles. The molecule has 2 aromatic rings. The molecule has 0 amide bonds. The number of nitrogens with zero attached hydrogens (tertiary/aromatic N) is 4. The maximum atomic E-state index is 11.8. The van der Waals surface area contributed by atoms with Crippen LogP contribution in [-0.4, -0.2) is 39.7 Å². The van der Waals surface area contributed by atoms with Crippen LogP contribution < -0.4 is 10.5 Å². The van der Waals surface area contributed by atoms with E-state index in [0.717, 1.165) is 5.69 Å². The van der Waals surface area contributed by atoms with Crippen molar-refractivity contribution in [3.63, 3.8) is 0 Å². The van der Waals surface area contributed by atoms with Gasteiger partial charge in [0.15, 0.2) is 5.69 Å². The Morgan fingerprint density at radius 3 is 2.90 bits per heavy atom. The minimum Gasteiger partial charge on any atom is -0.481 e. The van der Waals surface area contributed by atoms with Gasteiger partial charge in [-0.3, -0.25) is 0 Å². The molecule has 0 radical (unpaired) electrons. The van der Waals surface area contributed by atoms with Crippen LogP contribution in [0.25, 0.3) is 0 Å². The van der Waals surface area contributed by atoms with Gasteiger partial charge in [-0.15, -0.1) is 5.10 Å². The van der Waals surface area contributed by atoms with Gasteiger partial charge in [-0.25, -0.2) is 14.5 Å². The Hall–Kier alpha value is -2.48. The summed E-state index contributed by atoms with van der Waals surface area (Å²) in [6.45, 7) is 2.47. The number of hydrogen-bond acceptors (Lipinski definition) is 7. The van der Waals surface area contributed by atoms with E-state index in [9.17, 15) is 4.79 Å². The van der Waals surface area contributed by atoms with E-state index in [1.165, 1.54) is 4.68 Å². The van der Waals surface area contributed by atoms with Gasteiger partial charge in [-0.05, 0) is 13.0 Å². The van der Waals surface area contributed by atoms with Gasteiger partial charge >= 0.3 is 5.97 Å². The van der Waals surface area contributed by atoms with Crippen molar-refractivity contribution in [2.45, 2.75) is 20.0 Å². The maximum Gasteiger partial charge on any atom is 0.360 e. The van der Waals surface area contributed by atoms with Gasteiger partial charge in [0, 0.05) is 12.6 Å². The fourth-order valence-electron chi connectivity index (χ4n) is 1.83. The SMILES string of the molecule is CCOC(=O)c1nnn(Cc2cccc(OC)n2)c1CN. The lowest BCUT2D eigenvalue weighted by atomic mass is 10.3. The molecule has 0 fully saturated rings. The third kappa shape index (κ3) is 3.34. The Kier molecular flexibility index (Phi) is 4.83. The summed E-state index contributed by atoms with van der Waals surface area (Å²) in [6.07, 6.45) is 0.